The van der Waals surface area contributed by atoms with E-state index in [4.69, 9.17) is 4.74 Å². The van der Waals surface area contributed by atoms with Crippen molar-refractivity contribution in [1.29, 1.82) is 0 Å². The average Bonchev–Trinajstić information content (AvgIpc) is 2.96. The van der Waals surface area contributed by atoms with Crippen molar-refractivity contribution in [3.63, 3.8) is 0 Å². The lowest BCUT2D eigenvalue weighted by Gasteiger charge is -2.07. The minimum atomic E-state index is -0.181. The van der Waals surface area contributed by atoms with Crippen LogP contribution in [0.3, 0.4) is 0 Å². The highest BCUT2D eigenvalue weighted by atomic mass is 16.5. The molecule has 0 bridgehead atoms. The van der Waals surface area contributed by atoms with E-state index >= 15 is 0 Å². The topological polar surface area (TPSA) is 57.0 Å². The first-order valence-corrected chi connectivity index (χ1v) is 7.60. The zero-order valence-electron chi connectivity index (χ0n) is 13.4. The number of benzene rings is 1. The quantitative estimate of drug-likeness (QED) is 0.567. The van der Waals surface area contributed by atoms with Crippen molar-refractivity contribution in [1.82, 2.24) is 14.5 Å². The molecule has 0 aliphatic heterocycles. The van der Waals surface area contributed by atoms with Gasteiger partial charge in [0.2, 0.25) is 0 Å². The summed E-state index contributed by atoms with van der Waals surface area (Å²) in [5, 5.41) is 1.98. The third-order valence-electron chi connectivity index (χ3n) is 4.15. The van der Waals surface area contributed by atoms with Crippen molar-refractivity contribution in [2.75, 3.05) is 7.11 Å². The van der Waals surface area contributed by atoms with Crippen LogP contribution in [0.15, 0.2) is 54.9 Å². The second-order valence-corrected chi connectivity index (χ2v) is 5.53. The van der Waals surface area contributed by atoms with Crippen LogP contribution in [0.1, 0.15) is 16.2 Å². The van der Waals surface area contributed by atoms with Crippen LogP contribution in [-0.4, -0.2) is 27.6 Å². The number of carbonyl (C=O) groups excluding carboxylic acids is 1. The van der Waals surface area contributed by atoms with Gasteiger partial charge in [-0.2, -0.15) is 0 Å². The molecule has 0 radical (unpaired) electrons. The minimum absolute atomic E-state index is 0.181. The standard InChI is InChI=1S/C19H15N3O2/c1-12-18-15(8-10-20-12)14-7-6-13(24-2)11-17(14)22(18)19(23)16-5-3-4-9-21-16/h3-11H,1-2H3. The van der Waals surface area contributed by atoms with Crippen LogP contribution in [0.4, 0.5) is 0 Å². The molecular weight excluding hydrogens is 302 g/mol. The second kappa shape index (κ2) is 5.45. The Hall–Kier alpha value is -3.21. The van der Waals surface area contributed by atoms with Gasteiger partial charge >= 0.3 is 0 Å². The Labute approximate surface area is 138 Å². The fourth-order valence-electron chi connectivity index (χ4n) is 3.04. The molecule has 0 saturated carbocycles. The van der Waals surface area contributed by atoms with Gasteiger partial charge in [0.15, 0.2) is 0 Å². The molecule has 5 nitrogen and oxygen atoms in total. The van der Waals surface area contributed by atoms with Gasteiger partial charge in [0.25, 0.3) is 5.91 Å². The predicted molar refractivity (Wildman–Crippen MR) is 92.5 cm³/mol. The van der Waals surface area contributed by atoms with Gasteiger partial charge < -0.3 is 4.74 Å². The molecule has 3 heterocycles. The minimum Gasteiger partial charge on any atom is -0.497 e. The molecule has 0 aliphatic rings. The van der Waals surface area contributed by atoms with Crippen LogP contribution >= 0.6 is 0 Å². The van der Waals surface area contributed by atoms with E-state index in [1.165, 1.54) is 0 Å². The number of carbonyl (C=O) groups is 1. The van der Waals surface area contributed by atoms with Gasteiger partial charge in [-0.3, -0.25) is 19.3 Å². The molecule has 0 atom stereocenters. The lowest BCUT2D eigenvalue weighted by atomic mass is 10.1. The number of hydrogen-bond acceptors (Lipinski definition) is 4. The number of aryl methyl sites for hydroxylation is 1. The van der Waals surface area contributed by atoms with E-state index < -0.39 is 0 Å². The van der Waals surface area contributed by atoms with Crippen molar-refractivity contribution in [3.05, 3.63) is 66.2 Å². The molecule has 1 aromatic carbocycles. The van der Waals surface area contributed by atoms with Crippen molar-refractivity contribution in [3.8, 4) is 5.75 Å². The van der Waals surface area contributed by atoms with Gasteiger partial charge in [-0.25, -0.2) is 0 Å². The maximum absolute atomic E-state index is 13.1. The number of fused-ring (bicyclic) bond motifs is 3. The summed E-state index contributed by atoms with van der Waals surface area (Å²) in [5.41, 5.74) is 2.78. The predicted octanol–water partition coefficient (Wildman–Crippen LogP) is 3.59. The van der Waals surface area contributed by atoms with E-state index in [0.29, 0.717) is 11.4 Å². The molecule has 0 amide bonds. The monoisotopic (exact) mass is 317 g/mol. The Balaban J connectivity index is 2.12. The van der Waals surface area contributed by atoms with Gasteiger partial charge in [0, 0.05) is 29.2 Å². The summed E-state index contributed by atoms with van der Waals surface area (Å²) in [6.07, 6.45) is 3.38. The Bertz CT molecular complexity index is 1070. The first-order valence-electron chi connectivity index (χ1n) is 7.60. The zero-order valence-corrected chi connectivity index (χ0v) is 13.4. The van der Waals surface area contributed by atoms with Crippen molar-refractivity contribution in [2.45, 2.75) is 6.92 Å². The number of rotatable bonds is 2. The van der Waals surface area contributed by atoms with Gasteiger partial charge in [-0.05, 0) is 37.3 Å². The maximum atomic E-state index is 13.1. The SMILES string of the molecule is COc1ccc2c3ccnc(C)c3n(C(=O)c3ccccn3)c2c1. The Kier molecular flexibility index (Phi) is 3.27. The maximum Gasteiger partial charge on any atom is 0.281 e. The molecule has 24 heavy (non-hydrogen) atoms. The lowest BCUT2D eigenvalue weighted by molar-refractivity contribution is 0.0964. The largest absolute Gasteiger partial charge is 0.497 e. The van der Waals surface area contributed by atoms with Gasteiger partial charge in [0.05, 0.1) is 23.8 Å². The molecular formula is C19H15N3O2. The van der Waals surface area contributed by atoms with E-state index in [-0.39, 0.29) is 5.91 Å². The third kappa shape index (κ3) is 2.06. The number of ether oxygens (including phenoxy) is 1. The highest BCUT2D eigenvalue weighted by Gasteiger charge is 2.20. The second-order valence-electron chi connectivity index (χ2n) is 5.53. The first-order chi connectivity index (χ1) is 11.7. The number of methoxy groups -OCH3 is 1. The molecule has 4 rings (SSSR count). The van der Waals surface area contributed by atoms with Gasteiger partial charge in [-0.1, -0.05) is 6.07 Å². The normalized spacial score (nSPS) is 11.1. The molecule has 0 spiro atoms. The Morgan fingerprint density at radius 1 is 1.04 bits per heavy atom. The van der Waals surface area contributed by atoms with Crippen LogP contribution in [0.25, 0.3) is 21.8 Å². The molecule has 0 saturated heterocycles. The van der Waals surface area contributed by atoms with Crippen LogP contribution in [-0.2, 0) is 0 Å². The molecule has 4 aromatic rings. The smallest absolute Gasteiger partial charge is 0.281 e. The highest BCUT2D eigenvalue weighted by Crippen LogP contribution is 2.33. The Morgan fingerprint density at radius 2 is 1.92 bits per heavy atom. The number of hydrogen-bond donors (Lipinski definition) is 0. The summed E-state index contributed by atoms with van der Waals surface area (Å²) >= 11 is 0. The van der Waals surface area contributed by atoms with E-state index in [9.17, 15) is 4.79 Å². The van der Waals surface area contributed by atoms with E-state index in [2.05, 4.69) is 9.97 Å². The van der Waals surface area contributed by atoms with Crippen molar-refractivity contribution in [2.24, 2.45) is 0 Å². The van der Waals surface area contributed by atoms with Crippen LogP contribution in [0.2, 0.25) is 0 Å². The third-order valence-corrected chi connectivity index (χ3v) is 4.15. The fraction of sp³-hybridized carbons (Fsp3) is 0.105. The molecule has 0 fully saturated rings. The molecule has 0 unspecified atom stereocenters. The van der Waals surface area contributed by atoms with Gasteiger partial charge in [-0.15, -0.1) is 0 Å². The van der Waals surface area contributed by atoms with E-state index in [0.717, 1.165) is 27.5 Å². The average molecular weight is 317 g/mol. The molecule has 118 valence electrons. The molecule has 3 aromatic heterocycles. The molecule has 5 heteroatoms. The fourth-order valence-corrected chi connectivity index (χ4v) is 3.04. The molecule has 0 N–H and O–H groups in total. The zero-order chi connectivity index (χ0) is 16.7. The summed E-state index contributed by atoms with van der Waals surface area (Å²) in [7, 11) is 1.61. The summed E-state index contributed by atoms with van der Waals surface area (Å²) < 4.78 is 7.01. The summed E-state index contributed by atoms with van der Waals surface area (Å²) in [6, 6.07) is 13.0. The number of pyridine rings is 2. The van der Waals surface area contributed by atoms with E-state index in [1.807, 2.05) is 31.2 Å². The van der Waals surface area contributed by atoms with Crippen LogP contribution < -0.4 is 4.74 Å². The highest BCUT2D eigenvalue weighted by molar-refractivity contribution is 6.16. The summed E-state index contributed by atoms with van der Waals surface area (Å²) in [6.45, 7) is 1.90. The first kappa shape index (κ1) is 14.4. The summed E-state index contributed by atoms with van der Waals surface area (Å²) in [4.78, 5) is 21.7. The lowest BCUT2D eigenvalue weighted by Crippen LogP contribution is -2.14. The number of aromatic nitrogens is 3. The molecule has 0 aliphatic carbocycles. The van der Waals surface area contributed by atoms with Gasteiger partial charge in [0.1, 0.15) is 11.4 Å². The van der Waals surface area contributed by atoms with Crippen molar-refractivity contribution >= 4 is 27.7 Å². The van der Waals surface area contributed by atoms with E-state index in [1.54, 1.807) is 42.3 Å². The number of nitrogens with zero attached hydrogens (tertiary/aromatic N) is 3. The Morgan fingerprint density at radius 3 is 2.67 bits per heavy atom. The van der Waals surface area contributed by atoms with Crippen LogP contribution in [0, 0.1) is 6.92 Å². The van der Waals surface area contributed by atoms with Crippen molar-refractivity contribution < 1.29 is 9.53 Å². The summed E-state index contributed by atoms with van der Waals surface area (Å²) in [5.74, 6) is 0.519. The van der Waals surface area contributed by atoms with Crippen LogP contribution in [0.5, 0.6) is 5.75 Å².